The predicted octanol–water partition coefficient (Wildman–Crippen LogP) is 2.75. The summed E-state index contributed by atoms with van der Waals surface area (Å²) in [6, 6.07) is 7.79. The molecule has 2 aromatic heterocycles. The molecule has 11 heteroatoms. The third-order valence-electron chi connectivity index (χ3n) is 4.74. The maximum Gasteiger partial charge on any atom is 0.263 e. The van der Waals surface area contributed by atoms with Gasteiger partial charge in [-0.15, -0.1) is 0 Å². The van der Waals surface area contributed by atoms with E-state index >= 15 is 0 Å². The Hall–Kier alpha value is -2.66. The molecule has 1 aliphatic heterocycles. The molecule has 154 valence electrons. The van der Waals surface area contributed by atoms with Crippen molar-refractivity contribution in [1.29, 1.82) is 0 Å². The summed E-state index contributed by atoms with van der Waals surface area (Å²) in [6.07, 6.45) is 1.78. The van der Waals surface area contributed by atoms with Crippen LogP contribution in [0.25, 0.3) is 11.5 Å². The zero-order valence-corrected chi connectivity index (χ0v) is 17.0. The molecule has 3 heterocycles. The molecule has 1 aromatic carbocycles. The van der Waals surface area contributed by atoms with E-state index in [1.54, 1.807) is 12.1 Å². The highest BCUT2D eigenvalue weighted by Crippen LogP contribution is 2.31. The minimum Gasteiger partial charge on any atom is -0.463 e. The van der Waals surface area contributed by atoms with Crippen molar-refractivity contribution in [3.8, 4) is 11.5 Å². The summed E-state index contributed by atoms with van der Waals surface area (Å²) < 4.78 is 72.1. The number of sulfonamides is 1. The molecule has 29 heavy (non-hydrogen) atoms. The van der Waals surface area contributed by atoms with Crippen LogP contribution in [0, 0.1) is 12.7 Å². The van der Waals surface area contributed by atoms with Crippen LogP contribution in [0.5, 0.6) is 0 Å². The van der Waals surface area contributed by atoms with E-state index in [0.717, 1.165) is 6.07 Å². The summed E-state index contributed by atoms with van der Waals surface area (Å²) in [5.41, 5.74) is 0.562. The first-order valence-electron chi connectivity index (χ1n) is 8.77. The van der Waals surface area contributed by atoms with Gasteiger partial charge in [-0.05, 0) is 49.2 Å². The number of aromatic nitrogens is 2. The maximum atomic E-state index is 13.5. The van der Waals surface area contributed by atoms with Crippen molar-refractivity contribution in [2.75, 3.05) is 16.2 Å². The van der Waals surface area contributed by atoms with E-state index in [2.05, 4.69) is 9.82 Å². The molecule has 0 amide bonds. The molecular formula is C18H18FN3O5S2. The van der Waals surface area contributed by atoms with Gasteiger partial charge in [0.1, 0.15) is 17.3 Å². The lowest BCUT2D eigenvalue weighted by molar-refractivity contribution is 0.504. The molecule has 4 rings (SSSR count). The third kappa shape index (κ3) is 3.92. The van der Waals surface area contributed by atoms with Gasteiger partial charge in [-0.25, -0.2) is 25.9 Å². The standard InChI is InChI=1S/C18H18FN3O5S2/c1-12-9-14(4-5-15(12)19)29(25,26)21-18-10-16(17-3-2-7-27-17)20-22(18)13-6-8-28(23,24)11-13/h2-5,7,9-10,13,21H,6,8,11H2,1H3. The van der Waals surface area contributed by atoms with Crippen LogP contribution in [-0.2, 0) is 19.9 Å². The number of rotatable bonds is 5. The van der Waals surface area contributed by atoms with Gasteiger partial charge in [-0.3, -0.25) is 4.72 Å². The Balaban J connectivity index is 1.74. The number of aryl methyl sites for hydroxylation is 1. The second kappa shape index (κ2) is 6.99. The fraction of sp³-hybridized carbons (Fsp3) is 0.278. The monoisotopic (exact) mass is 439 g/mol. The maximum absolute atomic E-state index is 13.5. The number of hydrogen-bond acceptors (Lipinski definition) is 6. The highest BCUT2D eigenvalue weighted by Gasteiger charge is 2.32. The normalized spacial score (nSPS) is 18.8. The molecule has 1 atom stereocenters. The third-order valence-corrected chi connectivity index (χ3v) is 7.85. The Morgan fingerprint density at radius 3 is 2.69 bits per heavy atom. The summed E-state index contributed by atoms with van der Waals surface area (Å²) in [6.45, 7) is 1.47. The second-order valence-corrected chi connectivity index (χ2v) is 10.8. The lowest BCUT2D eigenvalue weighted by Crippen LogP contribution is -2.20. The van der Waals surface area contributed by atoms with Crippen molar-refractivity contribution < 1.29 is 25.6 Å². The zero-order chi connectivity index (χ0) is 20.8. The number of nitrogens with one attached hydrogen (secondary N) is 1. The van der Waals surface area contributed by atoms with E-state index < -0.39 is 31.7 Å². The highest BCUT2D eigenvalue weighted by molar-refractivity contribution is 7.92. The molecule has 1 saturated heterocycles. The number of nitrogens with zero attached hydrogens (tertiary/aromatic N) is 2. The van der Waals surface area contributed by atoms with E-state index in [4.69, 9.17) is 4.42 Å². The van der Waals surface area contributed by atoms with E-state index in [0.29, 0.717) is 17.9 Å². The summed E-state index contributed by atoms with van der Waals surface area (Å²) in [7, 11) is -7.26. The van der Waals surface area contributed by atoms with E-state index in [1.165, 1.54) is 36.1 Å². The van der Waals surface area contributed by atoms with Gasteiger partial charge in [-0.2, -0.15) is 5.10 Å². The van der Waals surface area contributed by atoms with Gasteiger partial charge in [0, 0.05) is 6.07 Å². The van der Waals surface area contributed by atoms with Gasteiger partial charge in [0.05, 0.1) is 28.7 Å². The molecule has 0 bridgehead atoms. The number of benzene rings is 1. The van der Waals surface area contributed by atoms with Gasteiger partial charge in [0.25, 0.3) is 10.0 Å². The molecule has 0 aliphatic carbocycles. The number of halogens is 1. The Bertz CT molecular complexity index is 1260. The minimum absolute atomic E-state index is 0.0109. The molecule has 0 saturated carbocycles. The lowest BCUT2D eigenvalue weighted by Gasteiger charge is -2.15. The van der Waals surface area contributed by atoms with Crippen LogP contribution < -0.4 is 4.72 Å². The van der Waals surface area contributed by atoms with Gasteiger partial charge >= 0.3 is 0 Å². The summed E-state index contributed by atoms with van der Waals surface area (Å²) in [5.74, 6) is -0.0958. The van der Waals surface area contributed by atoms with Crippen LogP contribution in [0.3, 0.4) is 0 Å². The van der Waals surface area contributed by atoms with Crippen LogP contribution >= 0.6 is 0 Å². The quantitative estimate of drug-likeness (QED) is 0.654. The molecule has 3 aromatic rings. The van der Waals surface area contributed by atoms with E-state index in [-0.39, 0.29) is 27.8 Å². The molecule has 8 nitrogen and oxygen atoms in total. The minimum atomic E-state index is -4.05. The first-order valence-corrected chi connectivity index (χ1v) is 12.1. The molecular weight excluding hydrogens is 421 g/mol. The first-order chi connectivity index (χ1) is 13.6. The summed E-state index contributed by atoms with van der Waals surface area (Å²) in [4.78, 5) is -0.109. The van der Waals surface area contributed by atoms with Crippen molar-refractivity contribution in [2.45, 2.75) is 24.3 Å². The first kappa shape index (κ1) is 19.6. The lowest BCUT2D eigenvalue weighted by atomic mass is 10.2. The van der Waals surface area contributed by atoms with Crippen LogP contribution in [0.1, 0.15) is 18.0 Å². The Morgan fingerprint density at radius 1 is 1.28 bits per heavy atom. The Labute approximate surface area is 167 Å². The number of anilines is 1. The van der Waals surface area contributed by atoms with Crippen molar-refractivity contribution in [3.63, 3.8) is 0 Å². The predicted molar refractivity (Wildman–Crippen MR) is 104 cm³/mol. The zero-order valence-electron chi connectivity index (χ0n) is 15.4. The van der Waals surface area contributed by atoms with Gasteiger partial charge < -0.3 is 4.42 Å². The van der Waals surface area contributed by atoms with E-state index in [9.17, 15) is 21.2 Å². The summed E-state index contributed by atoms with van der Waals surface area (Å²) >= 11 is 0. The molecule has 1 fully saturated rings. The van der Waals surface area contributed by atoms with Gasteiger partial charge in [0.2, 0.25) is 0 Å². The van der Waals surface area contributed by atoms with Crippen molar-refractivity contribution >= 4 is 25.7 Å². The number of furan rings is 1. The topological polar surface area (TPSA) is 111 Å². The number of hydrogen-bond donors (Lipinski definition) is 1. The van der Waals surface area contributed by atoms with Gasteiger partial charge in [-0.1, -0.05) is 0 Å². The molecule has 1 N–H and O–H groups in total. The average Bonchev–Trinajstić information content (AvgIpc) is 3.36. The largest absolute Gasteiger partial charge is 0.463 e. The molecule has 0 spiro atoms. The second-order valence-electron chi connectivity index (χ2n) is 6.91. The summed E-state index contributed by atoms with van der Waals surface area (Å²) in [5, 5.41) is 4.38. The fourth-order valence-electron chi connectivity index (χ4n) is 3.24. The molecule has 1 aliphatic rings. The van der Waals surface area contributed by atoms with Crippen LogP contribution in [0.15, 0.2) is 52.0 Å². The van der Waals surface area contributed by atoms with Crippen molar-refractivity contribution in [1.82, 2.24) is 9.78 Å². The van der Waals surface area contributed by atoms with Crippen LogP contribution in [0.4, 0.5) is 10.2 Å². The Kier molecular flexibility index (Phi) is 4.74. The van der Waals surface area contributed by atoms with Crippen molar-refractivity contribution in [2.24, 2.45) is 0 Å². The van der Waals surface area contributed by atoms with Gasteiger partial charge in [0.15, 0.2) is 15.6 Å². The molecule has 0 radical (unpaired) electrons. The smallest absolute Gasteiger partial charge is 0.263 e. The highest BCUT2D eigenvalue weighted by atomic mass is 32.2. The average molecular weight is 439 g/mol. The van der Waals surface area contributed by atoms with Crippen molar-refractivity contribution in [3.05, 3.63) is 54.0 Å². The van der Waals surface area contributed by atoms with Crippen LogP contribution in [0.2, 0.25) is 0 Å². The number of sulfone groups is 1. The SMILES string of the molecule is Cc1cc(S(=O)(=O)Nc2cc(-c3ccco3)nn2C2CCS(=O)(=O)C2)ccc1F. The van der Waals surface area contributed by atoms with Crippen LogP contribution in [-0.4, -0.2) is 38.1 Å². The van der Waals surface area contributed by atoms with E-state index in [1.807, 2.05) is 0 Å². The molecule has 1 unspecified atom stereocenters. The Morgan fingerprint density at radius 2 is 2.07 bits per heavy atom. The fourth-order valence-corrected chi connectivity index (χ4v) is 6.06.